The summed E-state index contributed by atoms with van der Waals surface area (Å²) in [5.74, 6) is 0.748. The van der Waals surface area contributed by atoms with Crippen molar-refractivity contribution in [2.75, 3.05) is 19.8 Å². The monoisotopic (exact) mass is 258 g/mol. The Hall–Kier alpha value is -0.160. The predicted molar refractivity (Wildman–Crippen MR) is 68.9 cm³/mol. The highest BCUT2D eigenvalue weighted by Gasteiger charge is 2.54. The quantitative estimate of drug-likeness (QED) is 0.664. The summed E-state index contributed by atoms with van der Waals surface area (Å²) in [6.07, 6.45) is 4.40. The first kappa shape index (κ1) is 14.3. The van der Waals surface area contributed by atoms with Gasteiger partial charge in [0.25, 0.3) is 0 Å². The van der Waals surface area contributed by atoms with Crippen LogP contribution in [0.3, 0.4) is 0 Å². The van der Waals surface area contributed by atoms with E-state index in [2.05, 4.69) is 26.1 Å². The van der Waals surface area contributed by atoms with Crippen molar-refractivity contribution in [2.24, 2.45) is 11.3 Å². The lowest BCUT2D eigenvalue weighted by Crippen LogP contribution is -3.05. The summed E-state index contributed by atoms with van der Waals surface area (Å²) in [7, 11) is 0. The number of hydrogen-bond donors (Lipinski definition) is 3. The molecule has 1 spiro atoms. The van der Waals surface area contributed by atoms with Gasteiger partial charge in [0.1, 0.15) is 19.8 Å². The first-order valence-corrected chi connectivity index (χ1v) is 7.08. The molecule has 1 heterocycles. The van der Waals surface area contributed by atoms with Crippen molar-refractivity contribution in [1.82, 2.24) is 0 Å². The van der Waals surface area contributed by atoms with E-state index in [1.807, 2.05) is 0 Å². The second kappa shape index (κ2) is 4.75. The number of nitrogens with two attached hydrogens (primary N) is 1. The van der Waals surface area contributed by atoms with E-state index in [1.165, 1.54) is 12.8 Å². The summed E-state index contributed by atoms with van der Waals surface area (Å²) in [5, 5.41) is 21.0. The summed E-state index contributed by atoms with van der Waals surface area (Å²) >= 11 is 0. The molecule has 0 unspecified atom stereocenters. The number of rotatable bonds is 2. The summed E-state index contributed by atoms with van der Waals surface area (Å²) in [6.45, 7) is 7.34. The fraction of sp³-hybridized carbons (Fsp3) is 1.00. The highest BCUT2D eigenvalue weighted by Crippen LogP contribution is 2.41. The van der Waals surface area contributed by atoms with Crippen LogP contribution in [0.4, 0.5) is 0 Å². The molecule has 0 aromatic carbocycles. The average Bonchev–Trinajstić information content (AvgIpc) is 2.69. The molecular weight excluding hydrogens is 230 g/mol. The molecule has 2 aliphatic rings. The smallest absolute Gasteiger partial charge is 0.201 e. The van der Waals surface area contributed by atoms with Crippen LogP contribution in [-0.2, 0) is 4.74 Å². The molecule has 1 aliphatic carbocycles. The maximum Gasteiger partial charge on any atom is 0.201 e. The lowest BCUT2D eigenvalue weighted by atomic mass is 9.70. The molecule has 0 radical (unpaired) electrons. The Labute approximate surface area is 110 Å². The summed E-state index contributed by atoms with van der Waals surface area (Å²) in [6, 6.07) is 0. The Morgan fingerprint density at radius 2 is 1.72 bits per heavy atom. The van der Waals surface area contributed by atoms with E-state index < -0.39 is 5.54 Å². The van der Waals surface area contributed by atoms with Crippen LogP contribution in [-0.4, -0.2) is 41.3 Å². The number of quaternary nitrogens is 1. The van der Waals surface area contributed by atoms with E-state index in [4.69, 9.17) is 4.74 Å². The van der Waals surface area contributed by atoms with Gasteiger partial charge in [0.15, 0.2) is 5.54 Å². The van der Waals surface area contributed by atoms with Crippen LogP contribution in [0.5, 0.6) is 0 Å². The van der Waals surface area contributed by atoms with Crippen LogP contribution in [0.2, 0.25) is 0 Å². The maximum absolute atomic E-state index is 9.44. The third-order valence-electron chi connectivity index (χ3n) is 4.90. The Kier molecular flexibility index (Phi) is 3.76. The lowest BCUT2D eigenvalue weighted by Gasteiger charge is -2.40. The van der Waals surface area contributed by atoms with Crippen LogP contribution in [0.1, 0.15) is 46.5 Å². The largest absolute Gasteiger partial charge is 0.390 e. The van der Waals surface area contributed by atoms with Crippen molar-refractivity contribution in [3.63, 3.8) is 0 Å². The van der Waals surface area contributed by atoms with E-state index in [0.717, 1.165) is 18.8 Å². The number of hydrogen-bond acceptors (Lipinski definition) is 3. The molecule has 2 fully saturated rings. The van der Waals surface area contributed by atoms with E-state index in [-0.39, 0.29) is 18.9 Å². The minimum atomic E-state index is -0.519. The van der Waals surface area contributed by atoms with E-state index in [1.54, 1.807) is 0 Å². The standard InChI is InChI=1S/C14H27NO3/c1-12(2,3)11-4-6-14(7-5-11)15-13(8-16,9-17)10-18-14/h11,15-17H,4-10H2,1-3H3/p+1. The molecule has 1 saturated heterocycles. The molecule has 4 N–H and O–H groups in total. The molecule has 106 valence electrons. The molecule has 4 heteroatoms. The molecule has 0 aromatic heterocycles. The van der Waals surface area contributed by atoms with Crippen LogP contribution in [0.15, 0.2) is 0 Å². The second-order valence-electron chi connectivity index (χ2n) is 7.32. The third kappa shape index (κ3) is 2.57. The fourth-order valence-electron chi connectivity index (χ4n) is 3.42. The molecule has 1 saturated carbocycles. The van der Waals surface area contributed by atoms with E-state index >= 15 is 0 Å². The van der Waals surface area contributed by atoms with Crippen LogP contribution >= 0.6 is 0 Å². The first-order valence-electron chi connectivity index (χ1n) is 7.08. The molecule has 4 nitrogen and oxygen atoms in total. The highest BCUT2D eigenvalue weighted by atomic mass is 16.5. The number of ether oxygens (including phenoxy) is 1. The van der Waals surface area contributed by atoms with Crippen LogP contribution < -0.4 is 5.32 Å². The molecule has 2 rings (SSSR count). The second-order valence-corrected chi connectivity index (χ2v) is 7.32. The van der Waals surface area contributed by atoms with Crippen molar-refractivity contribution in [1.29, 1.82) is 0 Å². The van der Waals surface area contributed by atoms with Crippen LogP contribution in [0, 0.1) is 11.3 Å². The van der Waals surface area contributed by atoms with Crippen molar-refractivity contribution in [2.45, 2.75) is 57.7 Å². The molecule has 0 bridgehead atoms. The highest BCUT2D eigenvalue weighted by molar-refractivity contribution is 4.90. The minimum Gasteiger partial charge on any atom is -0.390 e. The van der Waals surface area contributed by atoms with Gasteiger partial charge >= 0.3 is 0 Å². The van der Waals surface area contributed by atoms with E-state index in [0.29, 0.717) is 12.0 Å². The molecule has 0 atom stereocenters. The third-order valence-corrected chi connectivity index (χ3v) is 4.90. The topological polar surface area (TPSA) is 66.3 Å². The Balaban J connectivity index is 1.98. The van der Waals surface area contributed by atoms with Gasteiger partial charge in [-0.25, -0.2) is 0 Å². The Morgan fingerprint density at radius 1 is 1.17 bits per heavy atom. The first-order chi connectivity index (χ1) is 8.35. The fourth-order valence-corrected chi connectivity index (χ4v) is 3.42. The lowest BCUT2D eigenvalue weighted by molar-refractivity contribution is -0.791. The molecule has 18 heavy (non-hydrogen) atoms. The van der Waals surface area contributed by atoms with Gasteiger partial charge in [-0.2, -0.15) is 0 Å². The van der Waals surface area contributed by atoms with Crippen molar-refractivity contribution in [3.05, 3.63) is 0 Å². The maximum atomic E-state index is 9.44. The summed E-state index contributed by atoms with van der Waals surface area (Å²) in [4.78, 5) is 0. The Bertz CT molecular complexity index is 286. The SMILES string of the molecule is CC(C)(C)C1CCC2(CC1)[NH2+]C(CO)(CO)CO2. The van der Waals surface area contributed by atoms with Gasteiger partial charge in [0, 0.05) is 12.8 Å². The van der Waals surface area contributed by atoms with Crippen molar-refractivity contribution >= 4 is 0 Å². The van der Waals surface area contributed by atoms with Gasteiger partial charge in [-0.3, -0.25) is 0 Å². The van der Waals surface area contributed by atoms with Gasteiger partial charge in [0.2, 0.25) is 5.72 Å². The van der Waals surface area contributed by atoms with Gasteiger partial charge in [-0.05, 0) is 24.2 Å². The van der Waals surface area contributed by atoms with Gasteiger partial charge in [0.05, 0.1) is 0 Å². The van der Waals surface area contributed by atoms with E-state index in [9.17, 15) is 10.2 Å². The summed E-state index contributed by atoms with van der Waals surface area (Å²) < 4.78 is 5.96. The molecule has 0 aromatic rings. The number of aliphatic hydroxyl groups is 2. The predicted octanol–water partition coefficient (Wildman–Crippen LogP) is 0.236. The van der Waals surface area contributed by atoms with Gasteiger partial charge in [-0.15, -0.1) is 0 Å². The zero-order valence-electron chi connectivity index (χ0n) is 11.9. The van der Waals surface area contributed by atoms with Gasteiger partial charge < -0.3 is 20.3 Å². The Morgan fingerprint density at radius 3 is 2.11 bits per heavy atom. The molecule has 1 aliphatic heterocycles. The molecular formula is C14H28NO3+. The zero-order valence-corrected chi connectivity index (χ0v) is 11.9. The summed E-state index contributed by atoms with van der Waals surface area (Å²) in [5.41, 5.74) is -0.340. The molecule has 0 amide bonds. The van der Waals surface area contributed by atoms with Gasteiger partial charge in [-0.1, -0.05) is 20.8 Å². The van der Waals surface area contributed by atoms with Crippen LogP contribution in [0.25, 0.3) is 0 Å². The van der Waals surface area contributed by atoms with Crippen molar-refractivity contribution < 1.29 is 20.3 Å². The number of aliphatic hydroxyl groups excluding tert-OH is 2. The average molecular weight is 258 g/mol. The zero-order chi connectivity index (χ0) is 13.4. The normalized spacial score (nSPS) is 36.2. The van der Waals surface area contributed by atoms with Crippen molar-refractivity contribution in [3.8, 4) is 0 Å². The minimum absolute atomic E-state index is 0.0199.